The number of methoxy groups -OCH3 is 2. The van der Waals surface area contributed by atoms with Crippen LogP contribution in [0.2, 0.25) is 0 Å². The molecule has 0 spiro atoms. The molecule has 2 saturated heterocycles. The van der Waals surface area contributed by atoms with Crippen LogP contribution in [0.15, 0.2) is 0 Å². The van der Waals surface area contributed by atoms with Crippen LogP contribution in [0.5, 0.6) is 0 Å². The van der Waals surface area contributed by atoms with Gasteiger partial charge in [-0.25, -0.2) is 4.18 Å². The fraction of sp³-hybridized carbons (Fsp3) is 1.00. The van der Waals surface area contributed by atoms with Crippen LogP contribution >= 0.6 is 0 Å². The second-order valence-electron chi connectivity index (χ2n) is 19.7. The van der Waals surface area contributed by atoms with Gasteiger partial charge >= 0.3 is 10.4 Å². The summed E-state index contributed by atoms with van der Waals surface area (Å²) in [6, 6.07) is 0. The van der Waals surface area contributed by atoms with Crippen molar-refractivity contribution < 1.29 is 86.4 Å². The van der Waals surface area contributed by atoms with E-state index in [2.05, 4.69) is 13.8 Å². The van der Waals surface area contributed by atoms with E-state index >= 15 is 0 Å². The summed E-state index contributed by atoms with van der Waals surface area (Å²) in [4.78, 5) is 0. The first-order valence-corrected chi connectivity index (χ1v) is 23.1. The standard InChI is InChI=1S/C41H72O18S/c1-19(2)21(12-15-55-38-35(30(45)24(17-42)57-38)58-37-34(54-7)31(46)25(53-6)18-56-37)9-8-20(3)27-32(47)33(48)36-40(27,5)14-11-26-39(4)13-10-22(43)29(44)28(39)23(16-41(26,36)49)59-60(50,51)52/h19-38,42-49H,8-18H2,1-7H3,(H,50,51,52)/t20-,21-,22+,23+,24+,25-,26?,27+,28?,29+,30+,31+,32-,33-,34-,35-,36?,37+,38-,39-,40-,41+/m1/s1. The van der Waals surface area contributed by atoms with E-state index in [9.17, 15) is 53.8 Å². The summed E-state index contributed by atoms with van der Waals surface area (Å²) < 4.78 is 73.8. The van der Waals surface area contributed by atoms with E-state index in [1.807, 2.05) is 20.8 Å². The molecule has 3 unspecified atom stereocenters. The zero-order valence-corrected chi connectivity index (χ0v) is 36.7. The lowest BCUT2D eigenvalue weighted by Gasteiger charge is -2.66. The zero-order valence-electron chi connectivity index (χ0n) is 35.9. The lowest BCUT2D eigenvalue weighted by molar-refractivity contribution is -0.309. The molecule has 0 aromatic heterocycles. The van der Waals surface area contributed by atoms with Crippen molar-refractivity contribution in [3.63, 3.8) is 0 Å². The van der Waals surface area contributed by atoms with Gasteiger partial charge < -0.3 is 69.3 Å². The number of aliphatic hydroxyl groups excluding tert-OH is 7. The molecule has 0 amide bonds. The van der Waals surface area contributed by atoms with Gasteiger partial charge in [0.25, 0.3) is 0 Å². The molecular weight excluding hydrogens is 812 g/mol. The Hall–Kier alpha value is -0.690. The molecule has 18 nitrogen and oxygen atoms in total. The minimum Gasteiger partial charge on any atom is -0.394 e. The molecule has 4 aliphatic carbocycles. The predicted molar refractivity (Wildman–Crippen MR) is 210 cm³/mol. The van der Waals surface area contributed by atoms with Crippen LogP contribution < -0.4 is 0 Å². The van der Waals surface area contributed by atoms with Crippen LogP contribution in [-0.2, 0) is 43.0 Å². The van der Waals surface area contributed by atoms with Gasteiger partial charge in [0.15, 0.2) is 12.6 Å². The molecule has 0 radical (unpaired) electrons. The highest BCUT2D eigenvalue weighted by atomic mass is 32.3. The first-order chi connectivity index (χ1) is 28.1. The number of hydrogen-bond acceptors (Lipinski definition) is 17. The SMILES string of the molecule is CO[C@H]1[C@H](O[C@H]2[C@H](OCC[C@@H](CC[C@@H](C)[C@H]3[C@@H](O)[C@@H](O)C4[C@]5(O)C[C@H](OS(=O)(=O)O)C6[C@@H](O)[C@@H](O)CC[C@]6(C)C5CC[C@@]43C)C(C)C)O[C@@H](CO)[C@@H]2O)OC[C@@H](OC)[C@@H]1O. The van der Waals surface area contributed by atoms with Crippen molar-refractivity contribution in [3.05, 3.63) is 0 Å². The van der Waals surface area contributed by atoms with Crippen molar-refractivity contribution in [1.29, 1.82) is 0 Å². The number of hydrogen-bond donors (Lipinski definition) is 9. The zero-order chi connectivity index (χ0) is 44.3. The molecule has 2 heterocycles. The summed E-state index contributed by atoms with van der Waals surface area (Å²) in [5, 5.41) is 90.0. The van der Waals surface area contributed by atoms with Gasteiger partial charge in [-0.2, -0.15) is 8.42 Å². The molecule has 4 saturated carbocycles. The third-order valence-electron chi connectivity index (χ3n) is 16.2. The Morgan fingerprint density at radius 3 is 2.10 bits per heavy atom. The summed E-state index contributed by atoms with van der Waals surface area (Å²) in [6.07, 6.45) is -11.2. The maximum atomic E-state index is 12.9. The lowest BCUT2D eigenvalue weighted by atomic mass is 9.41. The molecule has 0 bridgehead atoms. The first-order valence-electron chi connectivity index (χ1n) is 21.7. The Morgan fingerprint density at radius 1 is 0.800 bits per heavy atom. The van der Waals surface area contributed by atoms with Crippen molar-refractivity contribution in [2.75, 3.05) is 34.0 Å². The van der Waals surface area contributed by atoms with Crippen molar-refractivity contribution in [2.24, 2.45) is 52.3 Å². The molecule has 9 N–H and O–H groups in total. The number of fused-ring (bicyclic) bond motifs is 5. The van der Waals surface area contributed by atoms with Crippen LogP contribution in [-0.4, -0.2) is 173 Å². The summed E-state index contributed by atoms with van der Waals surface area (Å²) in [7, 11) is -2.19. The Morgan fingerprint density at radius 2 is 1.48 bits per heavy atom. The highest BCUT2D eigenvalue weighted by molar-refractivity contribution is 7.80. The Kier molecular flexibility index (Phi) is 15.2. The van der Waals surface area contributed by atoms with Gasteiger partial charge in [-0.15, -0.1) is 0 Å². The molecule has 0 aromatic carbocycles. The summed E-state index contributed by atoms with van der Waals surface area (Å²) in [5.41, 5.74) is -3.42. The van der Waals surface area contributed by atoms with Crippen LogP contribution in [0.3, 0.4) is 0 Å². The fourth-order valence-corrected chi connectivity index (χ4v) is 13.8. The number of ether oxygens (including phenoxy) is 6. The average molecular weight is 885 g/mol. The van der Waals surface area contributed by atoms with Gasteiger partial charge in [-0.3, -0.25) is 4.55 Å². The predicted octanol–water partition coefficient (Wildman–Crippen LogP) is 0.137. The molecule has 350 valence electrons. The second-order valence-corrected chi connectivity index (χ2v) is 20.7. The Labute approximate surface area is 353 Å². The molecule has 6 rings (SSSR count). The number of rotatable bonds is 16. The molecule has 0 aromatic rings. The van der Waals surface area contributed by atoms with Gasteiger partial charge in [-0.1, -0.05) is 41.0 Å². The van der Waals surface area contributed by atoms with Gasteiger partial charge in [-0.05, 0) is 78.9 Å². The maximum Gasteiger partial charge on any atom is 0.397 e. The monoisotopic (exact) mass is 884 g/mol. The Bertz CT molecular complexity index is 1540. The molecule has 6 aliphatic rings. The van der Waals surface area contributed by atoms with Crippen molar-refractivity contribution in [2.45, 2.75) is 171 Å². The number of aliphatic hydroxyl groups is 8. The van der Waals surface area contributed by atoms with E-state index in [1.54, 1.807) is 0 Å². The van der Waals surface area contributed by atoms with Crippen LogP contribution in [0.25, 0.3) is 0 Å². The topological polar surface area (TPSA) is 281 Å². The minimum atomic E-state index is -5.03. The van der Waals surface area contributed by atoms with E-state index in [4.69, 9.17) is 32.6 Å². The highest BCUT2D eigenvalue weighted by Gasteiger charge is 2.74. The third kappa shape index (κ3) is 8.85. The van der Waals surface area contributed by atoms with Crippen LogP contribution in [0.4, 0.5) is 0 Å². The van der Waals surface area contributed by atoms with E-state index in [1.165, 1.54) is 14.2 Å². The summed E-state index contributed by atoms with van der Waals surface area (Å²) in [5.74, 6) is -2.51. The highest BCUT2D eigenvalue weighted by Crippen LogP contribution is 2.70. The average Bonchev–Trinajstić information content (AvgIpc) is 3.57. The van der Waals surface area contributed by atoms with Crippen LogP contribution in [0.1, 0.15) is 86.0 Å². The molecule has 19 heteroatoms. The van der Waals surface area contributed by atoms with Crippen molar-refractivity contribution in [1.82, 2.24) is 0 Å². The van der Waals surface area contributed by atoms with E-state index in [0.29, 0.717) is 32.1 Å². The summed E-state index contributed by atoms with van der Waals surface area (Å²) >= 11 is 0. The van der Waals surface area contributed by atoms with E-state index in [0.717, 1.165) is 6.42 Å². The molecule has 22 atom stereocenters. The normalized spacial score (nSPS) is 49.3. The van der Waals surface area contributed by atoms with Gasteiger partial charge in [0, 0.05) is 32.5 Å². The molecule has 6 fully saturated rings. The largest absolute Gasteiger partial charge is 0.397 e. The molecule has 2 aliphatic heterocycles. The maximum absolute atomic E-state index is 12.9. The van der Waals surface area contributed by atoms with Crippen molar-refractivity contribution >= 4 is 10.4 Å². The Balaban J connectivity index is 1.12. The third-order valence-corrected chi connectivity index (χ3v) is 16.7. The minimum absolute atomic E-state index is 0.0243. The molecule has 60 heavy (non-hydrogen) atoms. The van der Waals surface area contributed by atoms with E-state index in [-0.39, 0.29) is 43.8 Å². The lowest BCUT2D eigenvalue weighted by Crippen LogP contribution is -2.71. The fourth-order valence-electron chi connectivity index (χ4n) is 13.3. The van der Waals surface area contributed by atoms with Gasteiger partial charge in [0.2, 0.25) is 0 Å². The smallest absolute Gasteiger partial charge is 0.394 e. The first kappa shape index (κ1) is 48.8. The quantitative estimate of drug-likeness (QED) is 0.0932. The van der Waals surface area contributed by atoms with Crippen LogP contribution in [0, 0.1) is 52.3 Å². The second kappa shape index (κ2) is 18.7. The van der Waals surface area contributed by atoms with Crippen molar-refractivity contribution in [3.8, 4) is 0 Å². The van der Waals surface area contributed by atoms with Gasteiger partial charge in [0.1, 0.15) is 36.6 Å². The van der Waals surface area contributed by atoms with E-state index < -0.39 is 137 Å². The molecular formula is C41H72O18S. The summed E-state index contributed by atoms with van der Waals surface area (Å²) in [6.45, 7) is 9.84. The van der Waals surface area contributed by atoms with Gasteiger partial charge in [0.05, 0.1) is 55.9 Å².